The average Bonchev–Trinajstić information content (AvgIpc) is 3.34. The predicted molar refractivity (Wildman–Crippen MR) is 159 cm³/mol. The molecular formula is C27H18BrF3IN5O2S. The van der Waals surface area contributed by atoms with Crippen molar-refractivity contribution in [1.82, 2.24) is 10.4 Å². The molecule has 1 amide bonds. The number of alkyl halides is 3. The molecule has 1 aromatic heterocycles. The van der Waals surface area contributed by atoms with Gasteiger partial charge in [0.15, 0.2) is 5.13 Å². The van der Waals surface area contributed by atoms with Crippen LogP contribution in [-0.2, 0) is 24.0 Å². The molecule has 0 atom stereocenters. The van der Waals surface area contributed by atoms with Gasteiger partial charge in [-0.25, -0.2) is 10.4 Å². The van der Waals surface area contributed by atoms with Crippen molar-refractivity contribution in [2.75, 3.05) is 5.32 Å². The molecular weight excluding hydrogens is 722 g/mol. The van der Waals surface area contributed by atoms with Crippen LogP contribution in [0.25, 0.3) is 0 Å². The average molecular weight is 740 g/mol. The third-order valence-electron chi connectivity index (χ3n) is 5.27. The third-order valence-corrected chi connectivity index (χ3v) is 7.46. The van der Waals surface area contributed by atoms with Crippen LogP contribution in [0.5, 0.6) is 5.75 Å². The van der Waals surface area contributed by atoms with Crippen LogP contribution in [0.4, 0.5) is 24.0 Å². The second-order valence-electron chi connectivity index (χ2n) is 8.19. The van der Waals surface area contributed by atoms with Crippen LogP contribution >= 0.6 is 49.9 Å². The summed E-state index contributed by atoms with van der Waals surface area (Å²) in [6.45, 7) is 0.232. The van der Waals surface area contributed by atoms with E-state index in [0.29, 0.717) is 32.2 Å². The topological polar surface area (TPSA) is 99.4 Å². The summed E-state index contributed by atoms with van der Waals surface area (Å²) >= 11 is 6.80. The van der Waals surface area contributed by atoms with Crippen molar-refractivity contribution in [2.24, 2.45) is 5.10 Å². The zero-order valence-electron chi connectivity index (χ0n) is 20.3. The summed E-state index contributed by atoms with van der Waals surface area (Å²) in [4.78, 5) is 16.6. The second kappa shape index (κ2) is 13.2. The number of hydrogen-bond acceptors (Lipinski definition) is 7. The van der Waals surface area contributed by atoms with Gasteiger partial charge in [0.25, 0.3) is 0 Å². The highest BCUT2D eigenvalue weighted by Crippen LogP contribution is 2.33. The number of carbonyl (C=O) groups excluding carboxylic acids is 1. The van der Waals surface area contributed by atoms with Crippen molar-refractivity contribution in [2.45, 2.75) is 19.2 Å². The number of hydrazone groups is 1. The number of ether oxygens (including phenoxy) is 1. The van der Waals surface area contributed by atoms with Gasteiger partial charge >= 0.3 is 6.18 Å². The van der Waals surface area contributed by atoms with E-state index in [0.717, 1.165) is 21.3 Å². The molecule has 2 N–H and O–H groups in total. The van der Waals surface area contributed by atoms with Gasteiger partial charge in [-0.2, -0.15) is 23.5 Å². The Labute approximate surface area is 253 Å². The van der Waals surface area contributed by atoms with E-state index in [1.54, 1.807) is 23.6 Å². The molecule has 13 heteroatoms. The summed E-state index contributed by atoms with van der Waals surface area (Å²) < 4.78 is 46.2. The monoisotopic (exact) mass is 739 g/mol. The largest absolute Gasteiger partial charge is 0.487 e. The fourth-order valence-corrected chi connectivity index (χ4v) is 5.92. The number of benzene rings is 3. The molecule has 0 aliphatic carbocycles. The smallest absolute Gasteiger partial charge is 0.416 e. The molecule has 0 saturated heterocycles. The van der Waals surface area contributed by atoms with Gasteiger partial charge in [0, 0.05) is 16.6 Å². The molecule has 7 nitrogen and oxygen atoms in total. The highest BCUT2D eigenvalue weighted by Gasteiger charge is 2.30. The number of nitrogens with zero attached hydrogens (tertiary/aromatic N) is 3. The summed E-state index contributed by atoms with van der Waals surface area (Å²) in [6, 6.07) is 17.8. The zero-order chi connectivity index (χ0) is 28.7. The number of carbonyl (C=O) groups is 1. The van der Waals surface area contributed by atoms with Crippen LogP contribution in [0.3, 0.4) is 0 Å². The molecule has 0 spiro atoms. The Morgan fingerprint density at radius 3 is 2.75 bits per heavy atom. The van der Waals surface area contributed by atoms with Crippen molar-refractivity contribution in [3.8, 4) is 11.8 Å². The van der Waals surface area contributed by atoms with Crippen LogP contribution in [0.1, 0.15) is 27.9 Å². The first-order chi connectivity index (χ1) is 19.1. The molecule has 4 rings (SSSR count). The lowest BCUT2D eigenvalue weighted by Gasteiger charge is -2.12. The predicted octanol–water partition coefficient (Wildman–Crippen LogP) is 7.42. The number of amides is 1. The van der Waals surface area contributed by atoms with Gasteiger partial charge in [0.1, 0.15) is 12.4 Å². The molecule has 4 aromatic rings. The fourth-order valence-electron chi connectivity index (χ4n) is 3.42. The molecule has 0 aliphatic rings. The van der Waals surface area contributed by atoms with E-state index >= 15 is 0 Å². The van der Waals surface area contributed by atoms with Gasteiger partial charge in [0.05, 0.1) is 43.6 Å². The van der Waals surface area contributed by atoms with Gasteiger partial charge < -0.3 is 10.1 Å². The van der Waals surface area contributed by atoms with E-state index in [1.165, 1.54) is 29.7 Å². The second-order valence-corrected chi connectivity index (χ2v) is 11.1. The van der Waals surface area contributed by atoms with Crippen molar-refractivity contribution in [1.29, 1.82) is 5.26 Å². The zero-order valence-corrected chi connectivity index (χ0v) is 24.9. The van der Waals surface area contributed by atoms with Crippen LogP contribution in [0.2, 0.25) is 0 Å². The molecule has 3 aromatic carbocycles. The minimum atomic E-state index is -4.44. The fraction of sp³-hybridized carbons (Fsp3) is 0.111. The Bertz CT molecular complexity index is 1580. The first kappa shape index (κ1) is 29.5. The van der Waals surface area contributed by atoms with Gasteiger partial charge in [-0.05, 0) is 80.5 Å². The number of rotatable bonds is 9. The van der Waals surface area contributed by atoms with Gasteiger partial charge in [-0.1, -0.05) is 24.3 Å². The molecule has 0 unspecified atom stereocenters. The number of halogens is 5. The number of anilines is 2. The van der Waals surface area contributed by atoms with E-state index in [4.69, 9.17) is 4.74 Å². The van der Waals surface area contributed by atoms with Gasteiger partial charge in [-0.3, -0.25) is 4.79 Å². The molecule has 0 aliphatic heterocycles. The highest BCUT2D eigenvalue weighted by atomic mass is 127. The summed E-state index contributed by atoms with van der Waals surface area (Å²) in [5.41, 5.74) is 4.41. The van der Waals surface area contributed by atoms with E-state index < -0.39 is 17.6 Å². The van der Waals surface area contributed by atoms with Gasteiger partial charge in [0.2, 0.25) is 5.91 Å². The van der Waals surface area contributed by atoms with Crippen molar-refractivity contribution in [3.05, 3.63) is 102 Å². The van der Waals surface area contributed by atoms with Crippen molar-refractivity contribution >= 4 is 72.8 Å². The van der Waals surface area contributed by atoms with Crippen LogP contribution in [0, 0.1) is 14.9 Å². The third kappa shape index (κ3) is 8.03. The maximum absolute atomic E-state index is 12.9. The van der Waals surface area contributed by atoms with Crippen LogP contribution in [0.15, 0.2) is 75.6 Å². The Balaban J connectivity index is 1.31. The van der Waals surface area contributed by atoms with Crippen LogP contribution < -0.4 is 15.5 Å². The molecule has 204 valence electrons. The Hall–Kier alpha value is -3.48. The minimum Gasteiger partial charge on any atom is -0.487 e. The lowest BCUT2D eigenvalue weighted by molar-refractivity contribution is -0.137. The molecule has 1 heterocycles. The molecule has 40 heavy (non-hydrogen) atoms. The van der Waals surface area contributed by atoms with E-state index in [9.17, 15) is 23.2 Å². The van der Waals surface area contributed by atoms with E-state index in [-0.39, 0.29) is 18.7 Å². The standard InChI is InChI=1S/C27H18BrF3IN5O2S/c28-22-8-16(9-23(32)25(22)39-14-18-5-2-1-4-17(18)12-33)13-34-37-24(38)11-21-15-40-26(36-21)35-20-7-3-6-19(10-20)27(29,30)31/h1-10,13,15H,11,14H2,(H,35,36)(H,37,38)/b34-13-. The first-order valence-corrected chi connectivity index (χ1v) is 14.2. The summed E-state index contributed by atoms with van der Waals surface area (Å²) in [6.07, 6.45) is -3.02. The lowest BCUT2D eigenvalue weighted by Crippen LogP contribution is -2.20. The SMILES string of the molecule is N#Cc1ccccc1COc1c(Br)cc(/C=N\NC(=O)Cc2csc(Nc3cccc(C(F)(F)F)c3)n2)cc1I. The quantitative estimate of drug-likeness (QED) is 0.106. The summed E-state index contributed by atoms with van der Waals surface area (Å²) in [5.74, 6) is 0.213. The Morgan fingerprint density at radius 2 is 2.00 bits per heavy atom. The number of thiazole rings is 1. The van der Waals surface area contributed by atoms with E-state index in [2.05, 4.69) is 65.4 Å². The maximum Gasteiger partial charge on any atom is 0.416 e. The highest BCUT2D eigenvalue weighted by molar-refractivity contribution is 14.1. The van der Waals surface area contributed by atoms with Crippen molar-refractivity contribution < 1.29 is 22.7 Å². The Kier molecular flexibility index (Phi) is 9.77. The molecule has 0 saturated carbocycles. The Morgan fingerprint density at radius 1 is 1.20 bits per heavy atom. The maximum atomic E-state index is 12.9. The molecule has 0 radical (unpaired) electrons. The van der Waals surface area contributed by atoms with Crippen LogP contribution in [-0.4, -0.2) is 17.1 Å². The van der Waals surface area contributed by atoms with Crippen molar-refractivity contribution in [3.63, 3.8) is 0 Å². The number of aromatic nitrogens is 1. The summed E-state index contributed by atoms with van der Waals surface area (Å²) in [5, 5.41) is 18.1. The first-order valence-electron chi connectivity index (χ1n) is 11.4. The molecule has 0 fully saturated rings. The number of hydrogen-bond donors (Lipinski definition) is 2. The molecule has 0 bridgehead atoms. The lowest BCUT2D eigenvalue weighted by atomic mass is 10.1. The minimum absolute atomic E-state index is 0.0592. The van der Waals surface area contributed by atoms with E-state index in [1.807, 2.05) is 18.2 Å². The summed E-state index contributed by atoms with van der Waals surface area (Å²) in [7, 11) is 0. The normalized spacial score (nSPS) is 11.3. The number of nitriles is 1. The van der Waals surface area contributed by atoms with Gasteiger partial charge in [-0.15, -0.1) is 11.3 Å². The number of nitrogens with one attached hydrogen (secondary N) is 2.